The summed E-state index contributed by atoms with van der Waals surface area (Å²) < 4.78 is 0.965. The van der Waals surface area contributed by atoms with Gasteiger partial charge in [0.15, 0.2) is 0 Å². The summed E-state index contributed by atoms with van der Waals surface area (Å²) in [7, 11) is 0. The van der Waals surface area contributed by atoms with E-state index in [1.165, 1.54) is 0 Å². The third-order valence-electron chi connectivity index (χ3n) is 2.34. The van der Waals surface area contributed by atoms with Crippen molar-refractivity contribution < 1.29 is 5.11 Å². The number of rotatable bonds is 1. The highest BCUT2D eigenvalue weighted by Gasteiger charge is 2.16. The lowest BCUT2D eigenvalue weighted by Crippen LogP contribution is -1.97. The van der Waals surface area contributed by atoms with Crippen LogP contribution in [-0.4, -0.2) is 5.11 Å². The van der Waals surface area contributed by atoms with Gasteiger partial charge in [0.2, 0.25) is 0 Å². The zero-order valence-corrected chi connectivity index (χ0v) is 10.0. The molecule has 0 heterocycles. The van der Waals surface area contributed by atoms with Crippen molar-refractivity contribution in [1.82, 2.24) is 0 Å². The second-order valence-corrected chi connectivity index (χ2v) is 4.21. The van der Waals surface area contributed by atoms with Crippen LogP contribution in [0.1, 0.15) is 29.5 Å². The molecule has 1 aromatic carbocycles. The SMILES string of the molecule is Cc1cc(O)c(C(C)C#N)c(C)c1Br. The van der Waals surface area contributed by atoms with E-state index in [1.807, 2.05) is 13.8 Å². The van der Waals surface area contributed by atoms with Crippen molar-refractivity contribution in [2.45, 2.75) is 26.7 Å². The van der Waals surface area contributed by atoms with Gasteiger partial charge in [0, 0.05) is 10.0 Å². The highest BCUT2D eigenvalue weighted by atomic mass is 79.9. The van der Waals surface area contributed by atoms with E-state index in [4.69, 9.17) is 5.26 Å². The average molecular weight is 254 g/mol. The standard InChI is InChI=1S/C11H12BrNO/c1-6-4-9(14)10(7(2)5-13)8(3)11(6)12/h4,7,14H,1-3H3. The van der Waals surface area contributed by atoms with E-state index in [-0.39, 0.29) is 11.7 Å². The number of phenolic OH excluding ortho intramolecular Hbond substituents is 1. The Morgan fingerprint density at radius 2 is 2.07 bits per heavy atom. The second kappa shape index (κ2) is 4.02. The molecule has 0 fully saturated rings. The summed E-state index contributed by atoms with van der Waals surface area (Å²) in [5.74, 6) is -0.0795. The topological polar surface area (TPSA) is 44.0 Å². The monoisotopic (exact) mass is 253 g/mol. The molecule has 74 valence electrons. The molecule has 0 bridgehead atoms. The van der Waals surface area contributed by atoms with E-state index < -0.39 is 0 Å². The van der Waals surface area contributed by atoms with E-state index >= 15 is 0 Å². The third-order valence-corrected chi connectivity index (χ3v) is 3.56. The largest absolute Gasteiger partial charge is 0.508 e. The number of aromatic hydroxyl groups is 1. The lowest BCUT2D eigenvalue weighted by atomic mass is 9.95. The third kappa shape index (κ3) is 1.76. The maximum atomic E-state index is 9.73. The number of aryl methyl sites for hydroxylation is 1. The van der Waals surface area contributed by atoms with Crippen molar-refractivity contribution in [2.24, 2.45) is 0 Å². The maximum Gasteiger partial charge on any atom is 0.120 e. The Balaban J connectivity index is 3.45. The lowest BCUT2D eigenvalue weighted by Gasteiger charge is -2.13. The highest BCUT2D eigenvalue weighted by Crippen LogP contribution is 2.35. The number of hydrogen-bond donors (Lipinski definition) is 1. The molecule has 1 unspecified atom stereocenters. The van der Waals surface area contributed by atoms with Gasteiger partial charge >= 0.3 is 0 Å². The van der Waals surface area contributed by atoms with Crippen molar-refractivity contribution in [3.8, 4) is 11.8 Å². The fourth-order valence-electron chi connectivity index (χ4n) is 1.56. The van der Waals surface area contributed by atoms with E-state index in [0.717, 1.165) is 15.6 Å². The van der Waals surface area contributed by atoms with Gasteiger partial charge in [-0.2, -0.15) is 5.26 Å². The molecule has 0 aliphatic heterocycles. The summed E-state index contributed by atoms with van der Waals surface area (Å²) in [6.07, 6.45) is 0. The highest BCUT2D eigenvalue weighted by molar-refractivity contribution is 9.10. The van der Waals surface area contributed by atoms with Crippen LogP contribution in [0.4, 0.5) is 0 Å². The smallest absolute Gasteiger partial charge is 0.120 e. The first kappa shape index (κ1) is 11.1. The van der Waals surface area contributed by atoms with Crippen LogP contribution in [0, 0.1) is 25.2 Å². The predicted molar refractivity (Wildman–Crippen MR) is 59.3 cm³/mol. The van der Waals surface area contributed by atoms with Crippen LogP contribution < -0.4 is 0 Å². The average Bonchev–Trinajstić information content (AvgIpc) is 2.14. The minimum absolute atomic E-state index is 0.206. The first-order valence-corrected chi connectivity index (χ1v) is 5.16. The first-order valence-electron chi connectivity index (χ1n) is 4.37. The molecular weight excluding hydrogens is 242 g/mol. The normalized spacial score (nSPS) is 12.2. The van der Waals surface area contributed by atoms with Gasteiger partial charge < -0.3 is 5.11 Å². The Bertz CT molecular complexity index is 407. The number of nitriles is 1. The van der Waals surface area contributed by atoms with Crippen LogP contribution in [0.2, 0.25) is 0 Å². The molecule has 0 aliphatic carbocycles. The number of phenols is 1. The Kier molecular flexibility index (Phi) is 3.17. The van der Waals surface area contributed by atoms with Crippen molar-refractivity contribution >= 4 is 15.9 Å². The number of nitrogens with zero attached hydrogens (tertiary/aromatic N) is 1. The summed E-state index contributed by atoms with van der Waals surface area (Å²) in [5.41, 5.74) is 2.63. The first-order chi connectivity index (χ1) is 6.49. The van der Waals surface area contributed by atoms with Crippen LogP contribution in [0.3, 0.4) is 0 Å². The van der Waals surface area contributed by atoms with Gasteiger partial charge in [-0.05, 0) is 38.0 Å². The molecule has 0 radical (unpaired) electrons. The lowest BCUT2D eigenvalue weighted by molar-refractivity contribution is 0.465. The van der Waals surface area contributed by atoms with Gasteiger partial charge in [0.05, 0.1) is 12.0 Å². The van der Waals surface area contributed by atoms with Crippen molar-refractivity contribution in [2.75, 3.05) is 0 Å². The van der Waals surface area contributed by atoms with Gasteiger partial charge in [-0.15, -0.1) is 0 Å². The molecule has 1 N–H and O–H groups in total. The van der Waals surface area contributed by atoms with E-state index in [0.29, 0.717) is 5.56 Å². The van der Waals surface area contributed by atoms with Gasteiger partial charge in [-0.3, -0.25) is 0 Å². The van der Waals surface area contributed by atoms with Crippen LogP contribution in [0.25, 0.3) is 0 Å². The number of hydrogen-bond acceptors (Lipinski definition) is 2. The molecule has 1 aromatic rings. The molecule has 14 heavy (non-hydrogen) atoms. The van der Waals surface area contributed by atoms with Gasteiger partial charge in [-0.25, -0.2) is 0 Å². The Labute approximate surface area is 92.3 Å². The molecule has 1 atom stereocenters. The zero-order chi connectivity index (χ0) is 10.9. The summed E-state index contributed by atoms with van der Waals surface area (Å²) in [6, 6.07) is 3.81. The number of halogens is 1. The quantitative estimate of drug-likeness (QED) is 0.834. The molecule has 0 amide bonds. The Hall–Kier alpha value is -1.01. The van der Waals surface area contributed by atoms with Crippen LogP contribution in [0.15, 0.2) is 10.5 Å². The van der Waals surface area contributed by atoms with Crippen molar-refractivity contribution in [3.05, 3.63) is 27.2 Å². The van der Waals surface area contributed by atoms with E-state index in [2.05, 4.69) is 22.0 Å². The summed E-state index contributed by atoms with van der Waals surface area (Å²) in [4.78, 5) is 0. The van der Waals surface area contributed by atoms with Crippen LogP contribution >= 0.6 is 15.9 Å². The molecule has 2 nitrogen and oxygen atoms in total. The van der Waals surface area contributed by atoms with Gasteiger partial charge in [0.1, 0.15) is 5.75 Å². The Morgan fingerprint density at radius 3 is 2.57 bits per heavy atom. The molecule has 1 rings (SSSR count). The van der Waals surface area contributed by atoms with Crippen LogP contribution in [-0.2, 0) is 0 Å². The zero-order valence-electron chi connectivity index (χ0n) is 8.43. The number of benzene rings is 1. The summed E-state index contributed by atoms with van der Waals surface area (Å²) >= 11 is 3.44. The fraction of sp³-hybridized carbons (Fsp3) is 0.364. The Morgan fingerprint density at radius 1 is 1.50 bits per heavy atom. The molecule has 0 saturated heterocycles. The van der Waals surface area contributed by atoms with E-state index in [1.54, 1.807) is 13.0 Å². The minimum Gasteiger partial charge on any atom is -0.508 e. The molecule has 0 aliphatic rings. The molecule has 0 spiro atoms. The van der Waals surface area contributed by atoms with Gasteiger partial charge in [0.25, 0.3) is 0 Å². The van der Waals surface area contributed by atoms with Crippen molar-refractivity contribution in [1.29, 1.82) is 5.26 Å². The van der Waals surface area contributed by atoms with E-state index in [9.17, 15) is 5.11 Å². The summed E-state index contributed by atoms with van der Waals surface area (Å²) in [5, 5.41) is 18.5. The second-order valence-electron chi connectivity index (χ2n) is 3.42. The fourth-order valence-corrected chi connectivity index (χ4v) is 1.89. The van der Waals surface area contributed by atoms with Crippen molar-refractivity contribution in [3.63, 3.8) is 0 Å². The van der Waals surface area contributed by atoms with Gasteiger partial charge in [-0.1, -0.05) is 15.9 Å². The molecular formula is C11H12BrNO. The maximum absolute atomic E-state index is 9.73. The molecule has 0 aromatic heterocycles. The summed E-state index contributed by atoms with van der Waals surface area (Å²) in [6.45, 7) is 5.60. The van der Waals surface area contributed by atoms with Crippen LogP contribution in [0.5, 0.6) is 5.75 Å². The predicted octanol–water partition coefficient (Wildman–Crippen LogP) is 3.40. The minimum atomic E-state index is -0.285. The molecule has 0 saturated carbocycles. The molecule has 3 heteroatoms.